The van der Waals surface area contributed by atoms with Crippen LogP contribution in [0.1, 0.15) is 50.9 Å². The summed E-state index contributed by atoms with van der Waals surface area (Å²) in [6.45, 7) is 11.2. The highest BCUT2D eigenvalue weighted by Crippen LogP contribution is 2.34. The van der Waals surface area contributed by atoms with E-state index < -0.39 is 11.7 Å². The third-order valence-electron chi connectivity index (χ3n) is 4.34. The van der Waals surface area contributed by atoms with Crippen molar-refractivity contribution in [1.82, 2.24) is 20.0 Å². The molecule has 3 aromatic rings. The maximum Gasteiger partial charge on any atom is 0.408 e. The van der Waals surface area contributed by atoms with E-state index in [0.717, 1.165) is 33.5 Å². The zero-order valence-corrected chi connectivity index (χ0v) is 16.9. The van der Waals surface area contributed by atoms with E-state index in [-0.39, 0.29) is 6.04 Å². The molecule has 0 saturated heterocycles. The molecule has 144 valence electrons. The van der Waals surface area contributed by atoms with E-state index in [9.17, 15) is 4.79 Å². The van der Waals surface area contributed by atoms with Crippen molar-refractivity contribution < 1.29 is 14.1 Å². The van der Waals surface area contributed by atoms with Gasteiger partial charge in [0.1, 0.15) is 11.4 Å². The van der Waals surface area contributed by atoms with Crippen molar-refractivity contribution in [2.75, 3.05) is 0 Å². The number of hydrogen-bond acceptors (Lipinski definition) is 5. The number of pyridine rings is 1. The van der Waals surface area contributed by atoms with Gasteiger partial charge in [-0.3, -0.25) is 0 Å². The van der Waals surface area contributed by atoms with Crippen LogP contribution in [0.4, 0.5) is 4.79 Å². The first-order chi connectivity index (χ1) is 12.6. The van der Waals surface area contributed by atoms with Crippen LogP contribution in [-0.4, -0.2) is 26.4 Å². The number of aromatic nitrogens is 3. The van der Waals surface area contributed by atoms with Gasteiger partial charge < -0.3 is 19.1 Å². The van der Waals surface area contributed by atoms with Gasteiger partial charge in [-0.15, -0.1) is 0 Å². The van der Waals surface area contributed by atoms with Crippen molar-refractivity contribution in [3.05, 3.63) is 35.5 Å². The van der Waals surface area contributed by atoms with Crippen LogP contribution in [0.15, 0.2) is 22.9 Å². The van der Waals surface area contributed by atoms with E-state index in [1.54, 1.807) is 0 Å². The quantitative estimate of drug-likeness (QED) is 0.737. The fraction of sp³-hybridized carbons (Fsp3) is 0.450. The van der Waals surface area contributed by atoms with Crippen molar-refractivity contribution in [2.45, 2.75) is 53.2 Å². The van der Waals surface area contributed by atoms with Crippen molar-refractivity contribution >= 4 is 17.1 Å². The summed E-state index contributed by atoms with van der Waals surface area (Å²) in [6, 6.07) is 3.67. The molecular weight excluding hydrogens is 344 g/mol. The highest BCUT2D eigenvalue weighted by Gasteiger charge is 2.24. The van der Waals surface area contributed by atoms with Gasteiger partial charge in [-0.2, -0.15) is 0 Å². The molecule has 3 rings (SSSR count). The lowest BCUT2D eigenvalue weighted by molar-refractivity contribution is 0.0507. The SMILES string of the molecule is Cc1noc(C)c1-c1cc2c(ccn2C)nc1[C@H](C)NC(=O)OC(C)(C)C. The average molecular weight is 370 g/mol. The molecule has 0 unspecified atom stereocenters. The fourth-order valence-corrected chi connectivity index (χ4v) is 3.15. The second-order valence-corrected chi connectivity index (χ2v) is 7.82. The fourth-order valence-electron chi connectivity index (χ4n) is 3.15. The van der Waals surface area contributed by atoms with Crippen LogP contribution in [0.5, 0.6) is 0 Å². The summed E-state index contributed by atoms with van der Waals surface area (Å²) < 4.78 is 12.8. The first-order valence-corrected chi connectivity index (χ1v) is 8.95. The maximum absolute atomic E-state index is 12.2. The first kappa shape index (κ1) is 18.9. The Morgan fingerprint density at radius 3 is 2.63 bits per heavy atom. The number of alkyl carbamates (subject to hydrolysis) is 1. The summed E-state index contributed by atoms with van der Waals surface area (Å²) >= 11 is 0. The number of fused-ring (bicyclic) bond motifs is 1. The highest BCUT2D eigenvalue weighted by molar-refractivity contribution is 5.84. The molecule has 0 radical (unpaired) electrons. The zero-order valence-electron chi connectivity index (χ0n) is 16.9. The van der Waals surface area contributed by atoms with Crippen LogP contribution < -0.4 is 5.32 Å². The number of ether oxygens (including phenoxy) is 1. The van der Waals surface area contributed by atoms with Gasteiger partial charge in [-0.05, 0) is 53.7 Å². The van der Waals surface area contributed by atoms with Crippen molar-refractivity contribution in [3.63, 3.8) is 0 Å². The Morgan fingerprint density at radius 1 is 1.33 bits per heavy atom. The number of nitrogens with one attached hydrogen (secondary N) is 1. The summed E-state index contributed by atoms with van der Waals surface area (Å²) in [5.41, 5.74) is 4.62. The lowest BCUT2D eigenvalue weighted by Crippen LogP contribution is -2.34. The van der Waals surface area contributed by atoms with Gasteiger partial charge in [0.25, 0.3) is 0 Å². The molecule has 0 aliphatic carbocycles. The van der Waals surface area contributed by atoms with Crippen molar-refractivity contribution in [1.29, 1.82) is 0 Å². The molecule has 1 atom stereocenters. The molecule has 0 bridgehead atoms. The van der Waals surface area contributed by atoms with Gasteiger partial charge in [0.05, 0.1) is 28.5 Å². The largest absolute Gasteiger partial charge is 0.444 e. The maximum atomic E-state index is 12.2. The molecule has 7 heteroatoms. The second-order valence-electron chi connectivity index (χ2n) is 7.82. The molecule has 0 fully saturated rings. The van der Waals surface area contributed by atoms with Gasteiger partial charge in [0, 0.05) is 24.4 Å². The van der Waals surface area contributed by atoms with Crippen molar-refractivity contribution in [3.8, 4) is 11.1 Å². The van der Waals surface area contributed by atoms with Crippen molar-refractivity contribution in [2.24, 2.45) is 7.05 Å². The molecular formula is C20H26N4O3. The number of aryl methyl sites for hydroxylation is 3. The molecule has 3 aromatic heterocycles. The Hall–Kier alpha value is -2.83. The van der Waals surface area contributed by atoms with Gasteiger partial charge in [0.15, 0.2) is 0 Å². The molecule has 3 heterocycles. The Labute approximate surface area is 158 Å². The minimum Gasteiger partial charge on any atom is -0.444 e. The zero-order chi connectivity index (χ0) is 19.9. The van der Waals surface area contributed by atoms with Gasteiger partial charge in [-0.1, -0.05) is 5.16 Å². The predicted octanol–water partition coefficient (Wildman–Crippen LogP) is 4.43. The second kappa shape index (κ2) is 6.72. The Kier molecular flexibility index (Phi) is 4.71. The monoisotopic (exact) mass is 370 g/mol. The molecule has 1 amide bonds. The number of rotatable bonds is 3. The summed E-state index contributed by atoms with van der Waals surface area (Å²) in [7, 11) is 1.98. The summed E-state index contributed by atoms with van der Waals surface area (Å²) in [4.78, 5) is 17.1. The normalized spacial score (nSPS) is 13.0. The Balaban J connectivity index is 2.08. The lowest BCUT2D eigenvalue weighted by atomic mass is 9.98. The number of hydrogen-bond donors (Lipinski definition) is 1. The van der Waals surface area contributed by atoms with Crippen LogP contribution in [-0.2, 0) is 11.8 Å². The summed E-state index contributed by atoms with van der Waals surface area (Å²) in [6.07, 6.45) is 1.49. The number of carbonyl (C=O) groups excluding carboxylic acids is 1. The van der Waals surface area contributed by atoms with Gasteiger partial charge in [-0.25, -0.2) is 9.78 Å². The molecule has 0 saturated carbocycles. The van der Waals surface area contributed by atoms with Crippen LogP contribution in [0.2, 0.25) is 0 Å². The van der Waals surface area contributed by atoms with Crippen LogP contribution in [0, 0.1) is 13.8 Å². The first-order valence-electron chi connectivity index (χ1n) is 8.95. The standard InChI is InChI=1S/C20H26N4O3/c1-11-17(13(3)27-23-11)14-10-16-15(8-9-24(16)7)22-18(14)12(2)21-19(25)26-20(4,5)6/h8-10,12H,1-7H3,(H,21,25)/t12-/m0/s1. The topological polar surface area (TPSA) is 82.2 Å². The van der Waals surface area contributed by atoms with Crippen LogP contribution in [0.3, 0.4) is 0 Å². The third-order valence-corrected chi connectivity index (χ3v) is 4.34. The number of nitrogens with zero attached hydrogens (tertiary/aromatic N) is 3. The van der Waals surface area contributed by atoms with E-state index in [1.165, 1.54) is 0 Å². The molecule has 0 spiro atoms. The lowest BCUT2D eigenvalue weighted by Gasteiger charge is -2.23. The predicted molar refractivity (Wildman–Crippen MR) is 103 cm³/mol. The minimum absolute atomic E-state index is 0.354. The van der Waals surface area contributed by atoms with Crippen LogP contribution in [0.25, 0.3) is 22.2 Å². The highest BCUT2D eigenvalue weighted by atomic mass is 16.6. The molecule has 0 aliphatic heterocycles. The number of carbonyl (C=O) groups is 1. The van der Waals surface area contributed by atoms with E-state index in [0.29, 0.717) is 5.76 Å². The number of amides is 1. The van der Waals surface area contributed by atoms with Gasteiger partial charge in [0.2, 0.25) is 0 Å². The third kappa shape index (κ3) is 3.82. The molecule has 0 aromatic carbocycles. The molecule has 0 aliphatic rings. The molecule has 7 nitrogen and oxygen atoms in total. The van der Waals surface area contributed by atoms with E-state index >= 15 is 0 Å². The summed E-state index contributed by atoms with van der Waals surface area (Å²) in [5, 5.41) is 6.95. The molecule has 1 N–H and O–H groups in total. The Morgan fingerprint density at radius 2 is 2.04 bits per heavy atom. The summed E-state index contributed by atoms with van der Waals surface area (Å²) in [5.74, 6) is 0.716. The van der Waals surface area contributed by atoms with E-state index in [2.05, 4.69) is 16.5 Å². The molecule has 27 heavy (non-hydrogen) atoms. The van der Waals surface area contributed by atoms with E-state index in [1.807, 2.05) is 65.4 Å². The van der Waals surface area contributed by atoms with Crippen LogP contribution >= 0.6 is 0 Å². The Bertz CT molecular complexity index is 975. The minimum atomic E-state index is -0.564. The van der Waals surface area contributed by atoms with E-state index in [4.69, 9.17) is 14.2 Å². The average Bonchev–Trinajstić information content (AvgIpc) is 3.07. The van der Waals surface area contributed by atoms with Gasteiger partial charge >= 0.3 is 6.09 Å². The smallest absolute Gasteiger partial charge is 0.408 e.